The van der Waals surface area contributed by atoms with Crippen LogP contribution in [0.2, 0.25) is 0 Å². The first-order valence-electron chi connectivity index (χ1n) is 7.51. The molecule has 1 aromatic rings. The Morgan fingerprint density at radius 1 is 1.26 bits per heavy atom. The van der Waals surface area contributed by atoms with E-state index in [-0.39, 0.29) is 0 Å². The van der Waals surface area contributed by atoms with Crippen molar-refractivity contribution >= 4 is 0 Å². The first-order valence-corrected chi connectivity index (χ1v) is 7.51. The van der Waals surface area contributed by atoms with Crippen LogP contribution in [0, 0.1) is 5.92 Å². The molecule has 0 aromatic heterocycles. The molecule has 19 heavy (non-hydrogen) atoms. The van der Waals surface area contributed by atoms with Gasteiger partial charge in [0.25, 0.3) is 0 Å². The van der Waals surface area contributed by atoms with Gasteiger partial charge in [0.2, 0.25) is 0 Å². The minimum absolute atomic E-state index is 0.397. The van der Waals surface area contributed by atoms with Crippen molar-refractivity contribution in [1.29, 1.82) is 0 Å². The van der Waals surface area contributed by atoms with Gasteiger partial charge in [-0.1, -0.05) is 30.3 Å². The van der Waals surface area contributed by atoms with Crippen molar-refractivity contribution in [2.45, 2.75) is 50.2 Å². The molecular formula is C16H24N2O. The summed E-state index contributed by atoms with van der Waals surface area (Å²) >= 11 is 0. The van der Waals surface area contributed by atoms with E-state index in [0.717, 1.165) is 13.0 Å². The van der Waals surface area contributed by atoms with Gasteiger partial charge in [0, 0.05) is 12.6 Å². The molecule has 1 heterocycles. The molecule has 0 bridgehead atoms. The number of benzene rings is 1. The van der Waals surface area contributed by atoms with Gasteiger partial charge in [-0.25, -0.2) is 0 Å². The molecule has 3 heteroatoms. The number of nitrogens with two attached hydrogens (primary N) is 1. The Balaban J connectivity index is 1.55. The van der Waals surface area contributed by atoms with Crippen LogP contribution in [0.15, 0.2) is 30.3 Å². The van der Waals surface area contributed by atoms with Crippen LogP contribution >= 0.6 is 0 Å². The molecule has 3 rings (SSSR count). The second-order valence-electron chi connectivity index (χ2n) is 5.91. The first-order chi connectivity index (χ1) is 9.38. The Morgan fingerprint density at radius 2 is 2.11 bits per heavy atom. The van der Waals surface area contributed by atoms with Crippen molar-refractivity contribution in [2.24, 2.45) is 11.8 Å². The second kappa shape index (κ2) is 6.04. The highest BCUT2D eigenvalue weighted by molar-refractivity contribution is 5.26. The maximum atomic E-state index is 5.83. The van der Waals surface area contributed by atoms with E-state index in [1.54, 1.807) is 0 Å². The van der Waals surface area contributed by atoms with Gasteiger partial charge in [0.05, 0.1) is 6.10 Å². The summed E-state index contributed by atoms with van der Waals surface area (Å²) in [6.45, 7) is 0.925. The smallest absolute Gasteiger partial charge is 0.0590 e. The van der Waals surface area contributed by atoms with Crippen molar-refractivity contribution in [1.82, 2.24) is 5.43 Å². The average Bonchev–Trinajstić information content (AvgIpc) is 3.27. The van der Waals surface area contributed by atoms with Crippen molar-refractivity contribution in [2.75, 3.05) is 6.61 Å². The minimum Gasteiger partial charge on any atom is -0.378 e. The number of hydrogen-bond acceptors (Lipinski definition) is 3. The third-order valence-electron chi connectivity index (χ3n) is 4.59. The van der Waals surface area contributed by atoms with Gasteiger partial charge < -0.3 is 4.74 Å². The van der Waals surface area contributed by atoms with Gasteiger partial charge in [-0.15, -0.1) is 0 Å². The predicted molar refractivity (Wildman–Crippen MR) is 76.6 cm³/mol. The molecule has 3 N–H and O–H groups in total. The predicted octanol–water partition coefficient (Wildman–Crippen LogP) is 2.58. The third-order valence-corrected chi connectivity index (χ3v) is 4.59. The summed E-state index contributed by atoms with van der Waals surface area (Å²) in [6, 6.07) is 11.2. The van der Waals surface area contributed by atoms with Crippen LogP contribution in [-0.4, -0.2) is 18.8 Å². The third kappa shape index (κ3) is 3.16. The van der Waals surface area contributed by atoms with Gasteiger partial charge in [0.1, 0.15) is 0 Å². The molecular weight excluding hydrogens is 236 g/mol. The lowest BCUT2D eigenvalue weighted by Crippen LogP contribution is -2.40. The largest absolute Gasteiger partial charge is 0.378 e. The average molecular weight is 260 g/mol. The molecule has 1 saturated carbocycles. The molecule has 4 unspecified atom stereocenters. The minimum atomic E-state index is 0.397. The van der Waals surface area contributed by atoms with Crippen LogP contribution in [0.25, 0.3) is 0 Å². The van der Waals surface area contributed by atoms with Crippen LogP contribution in [0.5, 0.6) is 0 Å². The lowest BCUT2D eigenvalue weighted by Gasteiger charge is -2.27. The van der Waals surface area contributed by atoms with E-state index >= 15 is 0 Å². The molecule has 0 radical (unpaired) electrons. The zero-order chi connectivity index (χ0) is 13.1. The standard InChI is InChI=1S/C16H24N2O/c17-18-16(10-13-8-4-5-9-19-13)15-11-14(15)12-6-2-1-3-7-12/h1-3,6-7,13-16,18H,4-5,8-11,17H2. The first kappa shape index (κ1) is 13.1. The molecule has 1 saturated heterocycles. The van der Waals surface area contributed by atoms with Gasteiger partial charge in [-0.2, -0.15) is 0 Å². The van der Waals surface area contributed by atoms with Crippen molar-refractivity contribution in [3.8, 4) is 0 Å². The van der Waals surface area contributed by atoms with Gasteiger partial charge in [-0.05, 0) is 49.5 Å². The van der Waals surface area contributed by atoms with Gasteiger partial charge in [0.15, 0.2) is 0 Å². The van der Waals surface area contributed by atoms with Crippen LogP contribution < -0.4 is 11.3 Å². The van der Waals surface area contributed by atoms with Crippen molar-refractivity contribution in [3.63, 3.8) is 0 Å². The van der Waals surface area contributed by atoms with E-state index in [1.165, 1.54) is 31.2 Å². The summed E-state index contributed by atoms with van der Waals surface area (Å²) in [4.78, 5) is 0. The lowest BCUT2D eigenvalue weighted by atomic mass is 9.97. The van der Waals surface area contributed by atoms with E-state index in [4.69, 9.17) is 10.6 Å². The van der Waals surface area contributed by atoms with E-state index in [0.29, 0.717) is 24.0 Å². The van der Waals surface area contributed by atoms with Gasteiger partial charge in [-0.3, -0.25) is 11.3 Å². The second-order valence-corrected chi connectivity index (χ2v) is 5.91. The topological polar surface area (TPSA) is 47.3 Å². The number of hydrazine groups is 1. The van der Waals surface area contributed by atoms with E-state index < -0.39 is 0 Å². The summed E-state index contributed by atoms with van der Waals surface area (Å²) < 4.78 is 5.83. The number of nitrogens with one attached hydrogen (secondary N) is 1. The van der Waals surface area contributed by atoms with E-state index in [2.05, 4.69) is 35.8 Å². The Bertz CT molecular complexity index is 389. The summed E-state index contributed by atoms with van der Waals surface area (Å²) in [5.74, 6) is 7.13. The Hall–Kier alpha value is -0.900. The molecule has 0 amide bonds. The van der Waals surface area contributed by atoms with Crippen LogP contribution in [0.3, 0.4) is 0 Å². The Morgan fingerprint density at radius 3 is 2.79 bits per heavy atom. The summed E-state index contributed by atoms with van der Waals surface area (Å²) in [5, 5.41) is 0. The molecule has 2 fully saturated rings. The zero-order valence-corrected chi connectivity index (χ0v) is 11.4. The van der Waals surface area contributed by atoms with Crippen molar-refractivity contribution in [3.05, 3.63) is 35.9 Å². The highest BCUT2D eigenvalue weighted by Crippen LogP contribution is 2.50. The Kier molecular flexibility index (Phi) is 4.16. The van der Waals surface area contributed by atoms with Crippen LogP contribution in [0.4, 0.5) is 0 Å². The highest BCUT2D eigenvalue weighted by Gasteiger charge is 2.44. The van der Waals surface area contributed by atoms with E-state index in [9.17, 15) is 0 Å². The lowest BCUT2D eigenvalue weighted by molar-refractivity contribution is 0.00367. The summed E-state index contributed by atoms with van der Waals surface area (Å²) in [6.07, 6.45) is 6.44. The number of ether oxygens (including phenoxy) is 1. The molecule has 1 aliphatic heterocycles. The molecule has 2 aliphatic rings. The normalized spacial score (nSPS) is 31.9. The molecule has 1 aromatic carbocycles. The SMILES string of the molecule is NNC(CC1CCCCO1)C1CC1c1ccccc1. The van der Waals surface area contributed by atoms with Crippen LogP contribution in [0.1, 0.15) is 43.6 Å². The fraction of sp³-hybridized carbons (Fsp3) is 0.625. The zero-order valence-electron chi connectivity index (χ0n) is 11.4. The van der Waals surface area contributed by atoms with Gasteiger partial charge >= 0.3 is 0 Å². The van der Waals surface area contributed by atoms with Crippen molar-refractivity contribution < 1.29 is 4.74 Å². The van der Waals surface area contributed by atoms with E-state index in [1.807, 2.05) is 0 Å². The monoisotopic (exact) mass is 260 g/mol. The summed E-state index contributed by atoms with van der Waals surface area (Å²) in [5.41, 5.74) is 4.49. The maximum Gasteiger partial charge on any atom is 0.0590 e. The molecule has 3 nitrogen and oxygen atoms in total. The number of rotatable bonds is 5. The fourth-order valence-corrected chi connectivity index (χ4v) is 3.39. The highest BCUT2D eigenvalue weighted by atomic mass is 16.5. The Labute approximate surface area is 115 Å². The summed E-state index contributed by atoms with van der Waals surface area (Å²) in [7, 11) is 0. The quantitative estimate of drug-likeness (QED) is 0.632. The molecule has 0 spiro atoms. The fourth-order valence-electron chi connectivity index (χ4n) is 3.39. The molecule has 104 valence electrons. The van der Waals surface area contributed by atoms with Crippen LogP contribution in [-0.2, 0) is 4.74 Å². The molecule has 1 aliphatic carbocycles. The number of hydrogen-bond donors (Lipinski definition) is 2. The maximum absolute atomic E-state index is 5.83. The molecule has 4 atom stereocenters.